The van der Waals surface area contributed by atoms with E-state index in [1.807, 2.05) is 0 Å². The summed E-state index contributed by atoms with van der Waals surface area (Å²) in [5, 5.41) is 2.56. The number of halogens is 3. The first kappa shape index (κ1) is 15.9. The van der Waals surface area contributed by atoms with Gasteiger partial charge in [-0.15, -0.1) is 12.4 Å². The van der Waals surface area contributed by atoms with Crippen molar-refractivity contribution >= 4 is 24.0 Å². The largest absolute Gasteiger partial charge is 0.326 e. The minimum atomic E-state index is -0.952. The molecule has 0 bridgehead atoms. The Morgan fingerprint density at radius 1 is 1.21 bits per heavy atom. The molecule has 1 aromatic rings. The third kappa shape index (κ3) is 4.76. The highest BCUT2D eigenvalue weighted by molar-refractivity contribution is 5.90. The van der Waals surface area contributed by atoms with E-state index >= 15 is 0 Å². The molecule has 0 atom stereocenters. The molecular formula is C13H17ClF2N2O. The first-order chi connectivity index (χ1) is 8.65. The molecule has 0 unspecified atom stereocenters. The average Bonchev–Trinajstić information content (AvgIpc) is 2.84. The number of benzene rings is 1. The van der Waals surface area contributed by atoms with E-state index in [0.29, 0.717) is 12.1 Å². The van der Waals surface area contributed by atoms with E-state index in [0.717, 1.165) is 31.8 Å². The highest BCUT2D eigenvalue weighted by Gasteiger charge is 2.13. The van der Waals surface area contributed by atoms with Crippen molar-refractivity contribution in [1.82, 2.24) is 4.90 Å². The van der Waals surface area contributed by atoms with E-state index in [1.165, 1.54) is 18.9 Å². The lowest BCUT2D eigenvalue weighted by Gasteiger charge is -2.13. The highest BCUT2D eigenvalue weighted by Crippen LogP contribution is 2.13. The second-order valence-corrected chi connectivity index (χ2v) is 4.48. The maximum atomic E-state index is 12.9. The van der Waals surface area contributed by atoms with Crippen LogP contribution < -0.4 is 5.32 Å². The normalized spacial score (nSPS) is 15.1. The Morgan fingerprint density at radius 2 is 1.89 bits per heavy atom. The summed E-state index contributed by atoms with van der Waals surface area (Å²) in [5.41, 5.74) is 0.292. The van der Waals surface area contributed by atoms with Crippen LogP contribution in [0.5, 0.6) is 0 Å². The van der Waals surface area contributed by atoms with Gasteiger partial charge in [0, 0.05) is 24.7 Å². The zero-order valence-corrected chi connectivity index (χ0v) is 11.3. The number of amides is 1. The Kier molecular flexibility index (Phi) is 6.18. The molecule has 19 heavy (non-hydrogen) atoms. The molecule has 0 aliphatic carbocycles. The molecule has 0 radical (unpaired) electrons. The minimum absolute atomic E-state index is 0. The maximum absolute atomic E-state index is 12.9. The second kappa shape index (κ2) is 7.40. The predicted molar refractivity (Wildman–Crippen MR) is 72.5 cm³/mol. The molecule has 0 spiro atoms. The van der Waals surface area contributed by atoms with Crippen molar-refractivity contribution in [2.45, 2.75) is 19.3 Å². The van der Waals surface area contributed by atoms with Crippen molar-refractivity contribution in [2.75, 3.05) is 25.0 Å². The molecule has 1 heterocycles. The van der Waals surface area contributed by atoms with Crippen LogP contribution in [0.4, 0.5) is 14.5 Å². The summed E-state index contributed by atoms with van der Waals surface area (Å²) < 4.78 is 25.6. The summed E-state index contributed by atoms with van der Waals surface area (Å²) in [6.45, 7) is 2.80. The van der Waals surface area contributed by atoms with E-state index in [-0.39, 0.29) is 18.3 Å². The zero-order chi connectivity index (χ0) is 13.0. The lowest BCUT2D eigenvalue weighted by atomic mass is 10.3. The highest BCUT2D eigenvalue weighted by atomic mass is 35.5. The molecule has 1 aromatic carbocycles. The van der Waals surface area contributed by atoms with E-state index in [9.17, 15) is 13.6 Å². The van der Waals surface area contributed by atoms with Crippen LogP contribution in [0.2, 0.25) is 0 Å². The van der Waals surface area contributed by atoms with Crippen LogP contribution >= 0.6 is 12.4 Å². The molecule has 1 fully saturated rings. The number of hydrogen-bond acceptors (Lipinski definition) is 2. The molecule has 3 nitrogen and oxygen atoms in total. The molecule has 106 valence electrons. The molecule has 1 amide bonds. The van der Waals surface area contributed by atoms with Crippen molar-refractivity contribution < 1.29 is 13.6 Å². The van der Waals surface area contributed by atoms with Crippen LogP contribution in [0.1, 0.15) is 19.3 Å². The van der Waals surface area contributed by atoms with Crippen molar-refractivity contribution in [3.63, 3.8) is 0 Å². The molecule has 1 saturated heterocycles. The van der Waals surface area contributed by atoms with Gasteiger partial charge >= 0.3 is 0 Å². The standard InChI is InChI=1S/C13H16F2N2O.ClH/c14-11-4-3-10(9-12(11)15)16-13(18)5-8-17-6-1-2-7-17;/h3-4,9H,1-2,5-8H2,(H,16,18);1H. The van der Waals surface area contributed by atoms with E-state index < -0.39 is 11.6 Å². The minimum Gasteiger partial charge on any atom is -0.326 e. The first-order valence-electron chi connectivity index (χ1n) is 6.12. The number of anilines is 1. The van der Waals surface area contributed by atoms with Gasteiger partial charge in [-0.1, -0.05) is 0 Å². The Balaban J connectivity index is 0.00000180. The van der Waals surface area contributed by atoms with Gasteiger partial charge in [-0.05, 0) is 38.1 Å². The first-order valence-corrected chi connectivity index (χ1v) is 6.12. The van der Waals surface area contributed by atoms with E-state index in [4.69, 9.17) is 0 Å². The van der Waals surface area contributed by atoms with E-state index in [1.54, 1.807) is 0 Å². The number of nitrogens with zero attached hydrogens (tertiary/aromatic N) is 1. The average molecular weight is 291 g/mol. The Morgan fingerprint density at radius 3 is 2.53 bits per heavy atom. The van der Waals surface area contributed by atoms with Gasteiger partial charge in [0.1, 0.15) is 0 Å². The molecule has 1 aliphatic heterocycles. The number of nitrogens with one attached hydrogen (secondary N) is 1. The van der Waals surface area contributed by atoms with Crippen LogP contribution in [0.3, 0.4) is 0 Å². The van der Waals surface area contributed by atoms with Gasteiger partial charge in [0.25, 0.3) is 0 Å². The smallest absolute Gasteiger partial charge is 0.225 e. The fourth-order valence-electron chi connectivity index (χ4n) is 2.06. The van der Waals surface area contributed by atoms with E-state index in [2.05, 4.69) is 10.2 Å². The van der Waals surface area contributed by atoms with Gasteiger partial charge in [-0.3, -0.25) is 4.79 Å². The second-order valence-electron chi connectivity index (χ2n) is 4.48. The van der Waals surface area contributed by atoms with Gasteiger partial charge in [-0.2, -0.15) is 0 Å². The quantitative estimate of drug-likeness (QED) is 0.925. The van der Waals surface area contributed by atoms with Crippen molar-refractivity contribution in [3.05, 3.63) is 29.8 Å². The number of carbonyl (C=O) groups is 1. The molecular weight excluding hydrogens is 274 g/mol. The van der Waals surface area contributed by atoms with Crippen LogP contribution in [-0.4, -0.2) is 30.4 Å². The lowest BCUT2D eigenvalue weighted by molar-refractivity contribution is -0.116. The summed E-state index contributed by atoms with van der Waals surface area (Å²) >= 11 is 0. The maximum Gasteiger partial charge on any atom is 0.225 e. The molecule has 6 heteroatoms. The number of carbonyl (C=O) groups excluding carboxylic acids is 1. The van der Waals surface area contributed by atoms with Gasteiger partial charge in [0.05, 0.1) is 0 Å². The third-order valence-corrected chi connectivity index (χ3v) is 3.06. The van der Waals surface area contributed by atoms with Gasteiger partial charge in [0.2, 0.25) is 5.91 Å². The van der Waals surface area contributed by atoms with Crippen LogP contribution in [0.15, 0.2) is 18.2 Å². The zero-order valence-electron chi connectivity index (χ0n) is 10.5. The molecule has 1 N–H and O–H groups in total. The van der Waals surface area contributed by atoms with Crippen molar-refractivity contribution in [2.24, 2.45) is 0 Å². The van der Waals surface area contributed by atoms with Crippen LogP contribution in [0, 0.1) is 11.6 Å². The van der Waals surface area contributed by atoms with Gasteiger partial charge in [0.15, 0.2) is 11.6 Å². The summed E-state index contributed by atoms with van der Waals surface area (Å²) in [6, 6.07) is 3.35. The number of rotatable bonds is 4. The Bertz CT molecular complexity index is 437. The number of hydrogen-bond donors (Lipinski definition) is 1. The van der Waals surface area contributed by atoms with Crippen molar-refractivity contribution in [3.8, 4) is 0 Å². The summed E-state index contributed by atoms with van der Waals surface area (Å²) in [5.74, 6) is -2.04. The summed E-state index contributed by atoms with van der Waals surface area (Å²) in [6.07, 6.45) is 2.74. The predicted octanol–water partition coefficient (Wildman–Crippen LogP) is 2.81. The topological polar surface area (TPSA) is 32.3 Å². The third-order valence-electron chi connectivity index (χ3n) is 3.06. The fourth-order valence-corrected chi connectivity index (χ4v) is 2.06. The summed E-state index contributed by atoms with van der Waals surface area (Å²) in [7, 11) is 0. The SMILES string of the molecule is Cl.O=C(CCN1CCCC1)Nc1ccc(F)c(F)c1. The molecule has 2 rings (SSSR count). The van der Waals surface area contributed by atoms with Crippen molar-refractivity contribution in [1.29, 1.82) is 0 Å². The summed E-state index contributed by atoms with van der Waals surface area (Å²) in [4.78, 5) is 13.8. The Labute approximate surface area is 117 Å². The Hall–Kier alpha value is -1.20. The molecule has 0 aromatic heterocycles. The monoisotopic (exact) mass is 290 g/mol. The van der Waals surface area contributed by atoms with Gasteiger partial charge in [-0.25, -0.2) is 8.78 Å². The molecule has 1 aliphatic rings. The number of likely N-dealkylation sites (tertiary alicyclic amines) is 1. The van der Waals surface area contributed by atoms with Crippen LogP contribution in [0.25, 0.3) is 0 Å². The lowest BCUT2D eigenvalue weighted by Crippen LogP contribution is -2.25. The van der Waals surface area contributed by atoms with Gasteiger partial charge < -0.3 is 10.2 Å². The molecule has 0 saturated carbocycles. The fraction of sp³-hybridized carbons (Fsp3) is 0.462. The van der Waals surface area contributed by atoms with Crippen LogP contribution in [-0.2, 0) is 4.79 Å².